The van der Waals surface area contributed by atoms with E-state index in [0.29, 0.717) is 5.89 Å². The zero-order chi connectivity index (χ0) is 12.5. The summed E-state index contributed by atoms with van der Waals surface area (Å²) in [6, 6.07) is -0.0564. The van der Waals surface area contributed by atoms with Gasteiger partial charge in [-0.3, -0.25) is 10.1 Å². The molecule has 0 aromatic carbocycles. The van der Waals surface area contributed by atoms with Crippen LogP contribution in [0.1, 0.15) is 32.6 Å². The Morgan fingerprint density at radius 2 is 2.29 bits per heavy atom. The summed E-state index contributed by atoms with van der Waals surface area (Å²) in [6.07, 6.45) is 2.12. The fourth-order valence-electron chi connectivity index (χ4n) is 2.18. The van der Waals surface area contributed by atoms with Crippen LogP contribution in [0.25, 0.3) is 0 Å². The van der Waals surface area contributed by atoms with Gasteiger partial charge in [-0.2, -0.15) is 0 Å². The fourth-order valence-corrected chi connectivity index (χ4v) is 2.18. The van der Waals surface area contributed by atoms with E-state index in [9.17, 15) is 4.79 Å². The molecule has 2 rings (SSSR count). The lowest BCUT2D eigenvalue weighted by atomic mass is 9.77. The monoisotopic (exact) mass is 238 g/mol. The van der Waals surface area contributed by atoms with E-state index in [2.05, 4.69) is 34.7 Å². The lowest BCUT2D eigenvalue weighted by Crippen LogP contribution is -2.53. The Labute approximate surface area is 100 Å². The van der Waals surface area contributed by atoms with Gasteiger partial charge in [0.2, 0.25) is 11.8 Å². The maximum atomic E-state index is 12.1. The minimum Gasteiger partial charge on any atom is -0.408 e. The van der Waals surface area contributed by atoms with Crippen LogP contribution in [-0.4, -0.2) is 28.7 Å². The molecular formula is C11H18N4O2. The van der Waals surface area contributed by atoms with Crippen molar-refractivity contribution in [1.29, 1.82) is 0 Å². The molecule has 1 amide bonds. The first kappa shape index (κ1) is 12.0. The number of anilines is 1. The SMILES string of the molecule is Cc1nnc(NC(=O)C2NCCCC2(C)C)o1. The Morgan fingerprint density at radius 1 is 1.53 bits per heavy atom. The van der Waals surface area contributed by atoms with Crippen molar-refractivity contribution in [2.45, 2.75) is 39.7 Å². The van der Waals surface area contributed by atoms with Gasteiger partial charge in [0.1, 0.15) is 0 Å². The molecule has 17 heavy (non-hydrogen) atoms. The molecule has 1 aromatic rings. The molecule has 0 saturated carbocycles. The number of piperidine rings is 1. The predicted octanol–water partition coefficient (Wildman–Crippen LogP) is 1.09. The topological polar surface area (TPSA) is 80.0 Å². The first-order valence-corrected chi connectivity index (χ1v) is 5.83. The number of amides is 1. The van der Waals surface area contributed by atoms with Gasteiger partial charge in [-0.25, -0.2) is 0 Å². The van der Waals surface area contributed by atoms with Gasteiger partial charge in [0.15, 0.2) is 0 Å². The molecular weight excluding hydrogens is 220 g/mol. The first-order chi connectivity index (χ1) is 7.99. The maximum Gasteiger partial charge on any atom is 0.322 e. The Kier molecular flexibility index (Phi) is 3.15. The summed E-state index contributed by atoms with van der Waals surface area (Å²) in [6.45, 7) is 6.72. The Hall–Kier alpha value is -1.43. The third kappa shape index (κ3) is 2.63. The highest BCUT2D eigenvalue weighted by Gasteiger charge is 2.37. The van der Waals surface area contributed by atoms with Gasteiger partial charge in [0, 0.05) is 6.92 Å². The van der Waals surface area contributed by atoms with E-state index < -0.39 is 0 Å². The number of carbonyl (C=O) groups is 1. The molecule has 6 heteroatoms. The van der Waals surface area contributed by atoms with Crippen LogP contribution in [0.2, 0.25) is 0 Å². The highest BCUT2D eigenvalue weighted by molar-refractivity contribution is 5.93. The van der Waals surface area contributed by atoms with E-state index in [-0.39, 0.29) is 23.4 Å². The van der Waals surface area contributed by atoms with Crippen molar-refractivity contribution in [2.75, 3.05) is 11.9 Å². The average Bonchev–Trinajstić information content (AvgIpc) is 2.63. The van der Waals surface area contributed by atoms with Crippen LogP contribution in [0.4, 0.5) is 6.01 Å². The Balaban J connectivity index is 2.04. The van der Waals surface area contributed by atoms with Crippen molar-refractivity contribution in [1.82, 2.24) is 15.5 Å². The molecule has 1 saturated heterocycles. The summed E-state index contributed by atoms with van der Waals surface area (Å²) in [5.74, 6) is 0.328. The van der Waals surface area contributed by atoms with E-state index in [4.69, 9.17) is 4.42 Å². The van der Waals surface area contributed by atoms with Crippen molar-refractivity contribution in [3.63, 3.8) is 0 Å². The standard InChI is InChI=1S/C11H18N4O2/c1-7-14-15-10(17-7)13-9(16)8-11(2,3)5-4-6-12-8/h8,12H,4-6H2,1-3H3,(H,13,15,16). The van der Waals surface area contributed by atoms with Gasteiger partial charge < -0.3 is 9.73 Å². The molecule has 1 fully saturated rings. The van der Waals surface area contributed by atoms with Gasteiger partial charge in [-0.15, -0.1) is 5.10 Å². The number of hydrogen-bond donors (Lipinski definition) is 2. The fraction of sp³-hybridized carbons (Fsp3) is 0.727. The number of hydrogen-bond acceptors (Lipinski definition) is 5. The molecule has 1 aromatic heterocycles. The molecule has 1 aliphatic rings. The summed E-state index contributed by atoms with van der Waals surface area (Å²) in [4.78, 5) is 12.1. The molecule has 1 atom stereocenters. The lowest BCUT2D eigenvalue weighted by molar-refractivity contribution is -0.121. The van der Waals surface area contributed by atoms with Gasteiger partial charge in [-0.1, -0.05) is 18.9 Å². The van der Waals surface area contributed by atoms with Crippen LogP contribution in [0.3, 0.4) is 0 Å². The van der Waals surface area contributed by atoms with Crippen molar-refractivity contribution in [3.8, 4) is 0 Å². The van der Waals surface area contributed by atoms with Gasteiger partial charge in [0.25, 0.3) is 0 Å². The smallest absolute Gasteiger partial charge is 0.322 e. The van der Waals surface area contributed by atoms with Crippen LogP contribution in [0, 0.1) is 12.3 Å². The van der Waals surface area contributed by atoms with Crippen molar-refractivity contribution in [2.24, 2.45) is 5.41 Å². The molecule has 0 radical (unpaired) electrons. The zero-order valence-electron chi connectivity index (χ0n) is 10.4. The second-order valence-corrected chi connectivity index (χ2v) is 5.09. The normalized spacial score (nSPS) is 23.4. The van der Waals surface area contributed by atoms with Crippen LogP contribution < -0.4 is 10.6 Å². The number of aromatic nitrogens is 2. The summed E-state index contributed by atoms with van der Waals surface area (Å²) >= 11 is 0. The molecule has 2 heterocycles. The Bertz CT molecular complexity index is 413. The number of nitrogens with one attached hydrogen (secondary N) is 2. The van der Waals surface area contributed by atoms with Gasteiger partial charge in [-0.05, 0) is 24.8 Å². The molecule has 0 bridgehead atoms. The van der Waals surface area contributed by atoms with Gasteiger partial charge in [0.05, 0.1) is 6.04 Å². The zero-order valence-corrected chi connectivity index (χ0v) is 10.4. The minimum absolute atomic E-state index is 0.0581. The predicted molar refractivity (Wildman–Crippen MR) is 62.5 cm³/mol. The Morgan fingerprint density at radius 3 is 2.88 bits per heavy atom. The maximum absolute atomic E-state index is 12.1. The molecule has 6 nitrogen and oxygen atoms in total. The number of aryl methyl sites for hydroxylation is 1. The number of nitrogens with zero attached hydrogens (tertiary/aromatic N) is 2. The first-order valence-electron chi connectivity index (χ1n) is 5.83. The quantitative estimate of drug-likeness (QED) is 0.806. The molecule has 2 N–H and O–H groups in total. The van der Waals surface area contributed by atoms with E-state index >= 15 is 0 Å². The van der Waals surface area contributed by atoms with Crippen LogP contribution >= 0.6 is 0 Å². The number of carbonyl (C=O) groups excluding carboxylic acids is 1. The second kappa shape index (κ2) is 4.44. The van der Waals surface area contributed by atoms with E-state index in [0.717, 1.165) is 19.4 Å². The summed E-state index contributed by atoms with van der Waals surface area (Å²) in [7, 11) is 0. The highest BCUT2D eigenvalue weighted by Crippen LogP contribution is 2.30. The van der Waals surface area contributed by atoms with E-state index in [1.807, 2.05) is 0 Å². The summed E-state index contributed by atoms with van der Waals surface area (Å²) in [5.41, 5.74) is -0.0581. The third-order valence-electron chi connectivity index (χ3n) is 3.15. The second-order valence-electron chi connectivity index (χ2n) is 5.09. The van der Waals surface area contributed by atoms with Crippen molar-refractivity contribution >= 4 is 11.9 Å². The van der Waals surface area contributed by atoms with Crippen molar-refractivity contribution < 1.29 is 9.21 Å². The van der Waals surface area contributed by atoms with Crippen LogP contribution in [-0.2, 0) is 4.79 Å². The summed E-state index contributed by atoms with van der Waals surface area (Å²) < 4.78 is 5.13. The molecule has 94 valence electrons. The highest BCUT2D eigenvalue weighted by atomic mass is 16.4. The summed E-state index contributed by atoms with van der Waals surface area (Å²) in [5, 5.41) is 13.3. The largest absolute Gasteiger partial charge is 0.408 e. The third-order valence-corrected chi connectivity index (χ3v) is 3.15. The minimum atomic E-state index is -0.219. The lowest BCUT2D eigenvalue weighted by Gasteiger charge is -2.37. The van der Waals surface area contributed by atoms with Crippen LogP contribution in [0.5, 0.6) is 0 Å². The van der Waals surface area contributed by atoms with Gasteiger partial charge >= 0.3 is 6.01 Å². The van der Waals surface area contributed by atoms with E-state index in [1.54, 1.807) is 6.92 Å². The van der Waals surface area contributed by atoms with E-state index in [1.165, 1.54) is 0 Å². The molecule has 0 spiro atoms. The molecule has 0 aliphatic carbocycles. The number of rotatable bonds is 2. The molecule has 1 aliphatic heterocycles. The van der Waals surface area contributed by atoms with Crippen molar-refractivity contribution in [3.05, 3.63) is 5.89 Å². The molecule has 1 unspecified atom stereocenters. The van der Waals surface area contributed by atoms with Crippen LogP contribution in [0.15, 0.2) is 4.42 Å². The average molecular weight is 238 g/mol.